The summed E-state index contributed by atoms with van der Waals surface area (Å²) < 4.78 is 45.2. The van der Waals surface area contributed by atoms with Gasteiger partial charge in [0.1, 0.15) is 11.6 Å². The Hall–Kier alpha value is -3.23. The van der Waals surface area contributed by atoms with Crippen molar-refractivity contribution in [2.24, 2.45) is 0 Å². The number of carboxylic acid groups (broad SMARTS) is 1. The van der Waals surface area contributed by atoms with E-state index in [0.717, 1.165) is 22.0 Å². The van der Waals surface area contributed by atoms with Gasteiger partial charge in [0.2, 0.25) is 16.1 Å². The number of hydrogen-bond donors (Lipinski definition) is 1. The Labute approximate surface area is 180 Å². The number of carboxylic acids is 1. The van der Waals surface area contributed by atoms with Crippen LogP contribution in [-0.2, 0) is 21.4 Å². The molecule has 3 rings (SSSR count). The molecule has 0 amide bonds. The van der Waals surface area contributed by atoms with E-state index < -0.39 is 27.9 Å². The second-order valence-electron chi connectivity index (χ2n) is 7.11. The van der Waals surface area contributed by atoms with E-state index in [-0.39, 0.29) is 11.4 Å². The van der Waals surface area contributed by atoms with Gasteiger partial charge in [0.15, 0.2) is 0 Å². The molecule has 0 saturated carbocycles. The minimum atomic E-state index is -3.78. The summed E-state index contributed by atoms with van der Waals surface area (Å²) in [5.41, 5.74) is 2.14. The maximum absolute atomic E-state index is 13.1. The number of sulfonamides is 1. The van der Waals surface area contributed by atoms with Gasteiger partial charge in [-0.1, -0.05) is 42.0 Å². The highest BCUT2D eigenvalue weighted by molar-refractivity contribution is 7.89. The summed E-state index contributed by atoms with van der Waals surface area (Å²) in [6.07, 6.45) is -1.16. The maximum atomic E-state index is 13.1. The predicted octanol–water partition coefficient (Wildman–Crippen LogP) is 4.16. The molecule has 162 valence electrons. The first kappa shape index (κ1) is 22.5. The summed E-state index contributed by atoms with van der Waals surface area (Å²) in [5.74, 6) is -1.27. The minimum Gasteiger partial charge on any atom is -0.478 e. The van der Waals surface area contributed by atoms with Crippen LogP contribution in [0.25, 0.3) is 0 Å². The molecule has 0 aliphatic heterocycles. The molecule has 0 aliphatic carbocycles. The monoisotopic (exact) mass is 443 g/mol. The van der Waals surface area contributed by atoms with E-state index in [0.29, 0.717) is 16.9 Å². The first-order chi connectivity index (χ1) is 14.7. The summed E-state index contributed by atoms with van der Waals surface area (Å²) >= 11 is 0. The molecule has 0 bridgehead atoms. The van der Waals surface area contributed by atoms with E-state index in [1.54, 1.807) is 42.5 Å². The van der Waals surface area contributed by atoms with Crippen molar-refractivity contribution in [3.8, 4) is 5.75 Å². The number of benzene rings is 3. The highest BCUT2D eigenvalue weighted by Gasteiger charge is 2.23. The quantitative estimate of drug-likeness (QED) is 0.565. The van der Waals surface area contributed by atoms with Crippen LogP contribution in [0.1, 0.15) is 22.8 Å². The molecule has 6 nitrogen and oxygen atoms in total. The Bertz CT molecular complexity index is 1160. The zero-order chi connectivity index (χ0) is 22.6. The number of ether oxygens (including phenoxy) is 1. The lowest BCUT2D eigenvalue weighted by Gasteiger charge is -2.18. The standard InChI is InChI=1S/C23H22FNO5S/c1-16-4-3-5-18(14-16)22(23(26)27)30-20-10-6-17(7-11-20)15-25(2)31(28,29)21-12-8-19(24)9-13-21/h3-14,22H,15H2,1-2H3,(H,26,27). The molecule has 3 aromatic carbocycles. The Balaban J connectivity index is 1.72. The molecule has 0 radical (unpaired) electrons. The van der Waals surface area contributed by atoms with Crippen LogP contribution in [0.5, 0.6) is 5.75 Å². The Morgan fingerprint density at radius 3 is 2.29 bits per heavy atom. The van der Waals surface area contributed by atoms with Gasteiger partial charge in [-0.15, -0.1) is 0 Å². The largest absolute Gasteiger partial charge is 0.478 e. The molecule has 3 aromatic rings. The third-order valence-corrected chi connectivity index (χ3v) is 6.49. The van der Waals surface area contributed by atoms with E-state index in [4.69, 9.17) is 4.74 Å². The zero-order valence-corrected chi connectivity index (χ0v) is 17.8. The number of halogens is 1. The van der Waals surface area contributed by atoms with Gasteiger partial charge in [0.25, 0.3) is 0 Å². The lowest BCUT2D eigenvalue weighted by Crippen LogP contribution is -2.26. The van der Waals surface area contributed by atoms with E-state index >= 15 is 0 Å². The van der Waals surface area contributed by atoms with Gasteiger partial charge < -0.3 is 9.84 Å². The summed E-state index contributed by atoms with van der Waals surface area (Å²) in [6, 6.07) is 18.2. The van der Waals surface area contributed by atoms with E-state index in [1.807, 2.05) is 13.0 Å². The number of aryl methyl sites for hydroxylation is 1. The van der Waals surface area contributed by atoms with Gasteiger partial charge in [-0.2, -0.15) is 4.31 Å². The Morgan fingerprint density at radius 2 is 1.71 bits per heavy atom. The number of aliphatic carboxylic acids is 1. The molecule has 0 heterocycles. The molecule has 8 heteroatoms. The minimum absolute atomic E-state index is 0.00110. The van der Waals surface area contributed by atoms with E-state index in [2.05, 4.69) is 0 Å². The molecule has 0 fully saturated rings. The molecule has 0 aromatic heterocycles. The van der Waals surface area contributed by atoms with Crippen molar-refractivity contribution in [1.82, 2.24) is 4.31 Å². The average Bonchev–Trinajstić information content (AvgIpc) is 2.73. The summed E-state index contributed by atoms with van der Waals surface area (Å²) in [7, 11) is -2.34. The van der Waals surface area contributed by atoms with Gasteiger partial charge >= 0.3 is 5.97 Å². The van der Waals surface area contributed by atoms with Crippen LogP contribution in [0.4, 0.5) is 4.39 Å². The molecule has 31 heavy (non-hydrogen) atoms. The topological polar surface area (TPSA) is 83.9 Å². The van der Waals surface area contributed by atoms with E-state index in [9.17, 15) is 22.7 Å². The van der Waals surface area contributed by atoms with Crippen LogP contribution in [-0.4, -0.2) is 30.8 Å². The van der Waals surface area contributed by atoms with Crippen molar-refractivity contribution in [2.45, 2.75) is 24.5 Å². The fraction of sp³-hybridized carbons (Fsp3) is 0.174. The number of carbonyl (C=O) groups is 1. The normalized spacial score (nSPS) is 12.5. The molecule has 0 spiro atoms. The van der Waals surface area contributed by atoms with Crippen molar-refractivity contribution >= 4 is 16.0 Å². The van der Waals surface area contributed by atoms with E-state index in [1.165, 1.54) is 19.2 Å². The van der Waals surface area contributed by atoms with Crippen LogP contribution >= 0.6 is 0 Å². The molecule has 1 N–H and O–H groups in total. The van der Waals surface area contributed by atoms with Gasteiger partial charge in [-0.3, -0.25) is 0 Å². The third kappa shape index (κ3) is 5.48. The number of nitrogens with zero attached hydrogens (tertiary/aromatic N) is 1. The number of hydrogen-bond acceptors (Lipinski definition) is 4. The van der Waals surface area contributed by atoms with Crippen molar-refractivity contribution < 1.29 is 27.4 Å². The fourth-order valence-electron chi connectivity index (χ4n) is 3.03. The Morgan fingerprint density at radius 1 is 1.06 bits per heavy atom. The van der Waals surface area contributed by atoms with Crippen molar-refractivity contribution in [2.75, 3.05) is 7.05 Å². The average molecular weight is 443 g/mol. The third-order valence-electron chi connectivity index (χ3n) is 4.67. The van der Waals surface area contributed by atoms with Gasteiger partial charge in [-0.05, 0) is 48.9 Å². The highest BCUT2D eigenvalue weighted by Crippen LogP contribution is 2.24. The fourth-order valence-corrected chi connectivity index (χ4v) is 4.19. The first-order valence-corrected chi connectivity index (χ1v) is 10.9. The maximum Gasteiger partial charge on any atom is 0.349 e. The summed E-state index contributed by atoms with van der Waals surface area (Å²) in [4.78, 5) is 11.7. The molecule has 1 atom stereocenters. The summed E-state index contributed by atoms with van der Waals surface area (Å²) in [6.45, 7) is 1.95. The lowest BCUT2D eigenvalue weighted by molar-refractivity contribution is -0.145. The van der Waals surface area contributed by atoms with Crippen molar-refractivity contribution in [3.05, 3.63) is 95.3 Å². The molecule has 1 unspecified atom stereocenters. The molecular weight excluding hydrogens is 421 g/mol. The number of rotatable bonds is 8. The summed E-state index contributed by atoms with van der Waals surface area (Å²) in [5, 5.41) is 9.55. The van der Waals surface area contributed by atoms with Crippen molar-refractivity contribution in [1.29, 1.82) is 0 Å². The van der Waals surface area contributed by atoms with Crippen LogP contribution in [0.2, 0.25) is 0 Å². The molecule has 0 aliphatic rings. The Kier molecular flexibility index (Phi) is 6.72. The van der Waals surface area contributed by atoms with Crippen LogP contribution in [0, 0.1) is 12.7 Å². The van der Waals surface area contributed by atoms with Crippen LogP contribution < -0.4 is 4.74 Å². The predicted molar refractivity (Wildman–Crippen MR) is 114 cm³/mol. The highest BCUT2D eigenvalue weighted by atomic mass is 32.2. The lowest BCUT2D eigenvalue weighted by atomic mass is 10.1. The van der Waals surface area contributed by atoms with Crippen molar-refractivity contribution in [3.63, 3.8) is 0 Å². The second kappa shape index (κ2) is 9.28. The molecular formula is C23H22FNO5S. The van der Waals surface area contributed by atoms with Crippen LogP contribution in [0.15, 0.2) is 77.7 Å². The first-order valence-electron chi connectivity index (χ1n) is 9.44. The zero-order valence-electron chi connectivity index (χ0n) is 17.0. The SMILES string of the molecule is Cc1cccc(C(Oc2ccc(CN(C)S(=O)(=O)c3ccc(F)cc3)cc2)C(=O)O)c1. The van der Waals surface area contributed by atoms with Gasteiger partial charge in [-0.25, -0.2) is 17.6 Å². The van der Waals surface area contributed by atoms with Gasteiger partial charge in [0.05, 0.1) is 4.90 Å². The van der Waals surface area contributed by atoms with Gasteiger partial charge in [0, 0.05) is 19.2 Å². The second-order valence-corrected chi connectivity index (χ2v) is 9.15. The van der Waals surface area contributed by atoms with Crippen LogP contribution in [0.3, 0.4) is 0 Å². The smallest absolute Gasteiger partial charge is 0.349 e. The molecule has 0 saturated heterocycles.